The predicted molar refractivity (Wildman–Crippen MR) is 99.2 cm³/mol. The monoisotopic (exact) mass is 396 g/mol. The van der Waals surface area contributed by atoms with E-state index in [1.165, 1.54) is 51.6 Å². The lowest BCUT2D eigenvalue weighted by molar-refractivity contribution is 0.159. The molecule has 1 fully saturated rings. The Balaban J connectivity index is 0.00000361. The quantitative estimate of drug-likeness (QED) is 0.301. The molecule has 0 amide bonds. The van der Waals surface area contributed by atoms with Crippen LogP contribution in [0.4, 0.5) is 0 Å². The Morgan fingerprint density at radius 1 is 1.20 bits per heavy atom. The van der Waals surface area contributed by atoms with Crippen molar-refractivity contribution in [1.29, 1.82) is 0 Å². The maximum Gasteiger partial charge on any atom is 0.190 e. The third kappa shape index (κ3) is 8.29. The van der Waals surface area contributed by atoms with Crippen LogP contribution >= 0.6 is 24.0 Å². The van der Waals surface area contributed by atoms with Crippen LogP contribution in [-0.4, -0.2) is 50.1 Å². The number of piperidine rings is 1. The van der Waals surface area contributed by atoms with Gasteiger partial charge in [0.2, 0.25) is 0 Å². The Morgan fingerprint density at radius 2 is 1.90 bits per heavy atom. The number of likely N-dealkylation sites (tertiary alicyclic amines) is 1. The van der Waals surface area contributed by atoms with Crippen LogP contribution in [0.5, 0.6) is 0 Å². The molecule has 0 saturated carbocycles. The van der Waals surface area contributed by atoms with E-state index in [1.54, 1.807) is 0 Å². The first-order valence-electron chi connectivity index (χ1n) is 7.96. The highest BCUT2D eigenvalue weighted by Crippen LogP contribution is 2.15. The molecule has 1 atom stereocenters. The van der Waals surface area contributed by atoms with Crippen molar-refractivity contribution in [2.24, 2.45) is 4.99 Å². The van der Waals surface area contributed by atoms with Crippen LogP contribution in [-0.2, 0) is 0 Å². The Kier molecular flexibility index (Phi) is 12.7. The molecule has 20 heavy (non-hydrogen) atoms. The fourth-order valence-electron chi connectivity index (χ4n) is 2.58. The van der Waals surface area contributed by atoms with Gasteiger partial charge in [0.05, 0.1) is 0 Å². The molecule has 120 valence electrons. The molecule has 1 heterocycles. The van der Waals surface area contributed by atoms with Crippen LogP contribution < -0.4 is 10.6 Å². The standard InChI is InChI=1S/C15H32N4.HI/c1-4-5-10-17-15(16-3)18-11-8-13-19-12-7-6-9-14(19)2;/h14H,4-13H2,1-3H3,(H2,16,17,18);1H. The van der Waals surface area contributed by atoms with Crippen LogP contribution in [0, 0.1) is 0 Å². The van der Waals surface area contributed by atoms with E-state index in [-0.39, 0.29) is 24.0 Å². The summed E-state index contributed by atoms with van der Waals surface area (Å²) in [6.45, 7) is 9.08. The summed E-state index contributed by atoms with van der Waals surface area (Å²) < 4.78 is 0. The number of hydrogen-bond donors (Lipinski definition) is 2. The number of unbranched alkanes of at least 4 members (excludes halogenated alkanes) is 1. The van der Waals surface area contributed by atoms with Gasteiger partial charge in [-0.15, -0.1) is 24.0 Å². The molecule has 1 aliphatic rings. The van der Waals surface area contributed by atoms with Crippen LogP contribution in [0.15, 0.2) is 4.99 Å². The molecule has 0 aliphatic carbocycles. The lowest BCUT2D eigenvalue weighted by Gasteiger charge is -2.33. The number of rotatable bonds is 7. The van der Waals surface area contributed by atoms with E-state index in [0.717, 1.165) is 25.1 Å². The van der Waals surface area contributed by atoms with E-state index in [1.807, 2.05) is 7.05 Å². The molecule has 1 aliphatic heterocycles. The topological polar surface area (TPSA) is 39.7 Å². The average molecular weight is 396 g/mol. The minimum Gasteiger partial charge on any atom is -0.356 e. The number of halogens is 1. The molecule has 1 rings (SSSR count). The molecule has 0 radical (unpaired) electrons. The molecule has 0 spiro atoms. The summed E-state index contributed by atoms with van der Waals surface area (Å²) in [5.41, 5.74) is 0. The van der Waals surface area contributed by atoms with Crippen LogP contribution in [0.3, 0.4) is 0 Å². The summed E-state index contributed by atoms with van der Waals surface area (Å²) in [6.07, 6.45) is 7.76. The molecular formula is C15H33IN4. The zero-order valence-corrected chi connectivity index (χ0v) is 15.8. The van der Waals surface area contributed by atoms with Crippen molar-refractivity contribution in [3.8, 4) is 0 Å². The first-order valence-corrected chi connectivity index (χ1v) is 7.96. The second-order valence-electron chi connectivity index (χ2n) is 5.51. The lowest BCUT2D eigenvalue weighted by Crippen LogP contribution is -2.41. The smallest absolute Gasteiger partial charge is 0.190 e. The van der Waals surface area contributed by atoms with Gasteiger partial charge in [-0.25, -0.2) is 0 Å². The molecule has 5 heteroatoms. The van der Waals surface area contributed by atoms with Gasteiger partial charge in [-0.3, -0.25) is 4.99 Å². The summed E-state index contributed by atoms with van der Waals surface area (Å²) in [6, 6.07) is 0.774. The zero-order chi connectivity index (χ0) is 13.9. The van der Waals surface area contributed by atoms with Crippen molar-refractivity contribution in [2.45, 2.75) is 58.4 Å². The first kappa shape index (κ1) is 20.0. The summed E-state index contributed by atoms with van der Waals surface area (Å²) >= 11 is 0. The first-order chi connectivity index (χ1) is 9.27. The van der Waals surface area contributed by atoms with Crippen LogP contribution in [0.1, 0.15) is 52.4 Å². The number of hydrogen-bond acceptors (Lipinski definition) is 2. The largest absolute Gasteiger partial charge is 0.356 e. The van der Waals surface area contributed by atoms with Gasteiger partial charge in [-0.2, -0.15) is 0 Å². The fourth-order valence-corrected chi connectivity index (χ4v) is 2.58. The Morgan fingerprint density at radius 3 is 2.50 bits per heavy atom. The Hall–Kier alpha value is -0.0400. The van der Waals surface area contributed by atoms with E-state index >= 15 is 0 Å². The van der Waals surface area contributed by atoms with Gasteiger partial charge in [-0.05, 0) is 39.2 Å². The van der Waals surface area contributed by atoms with Gasteiger partial charge in [0.15, 0.2) is 5.96 Å². The van der Waals surface area contributed by atoms with Crippen molar-refractivity contribution in [3.63, 3.8) is 0 Å². The van der Waals surface area contributed by atoms with Gasteiger partial charge >= 0.3 is 0 Å². The van der Waals surface area contributed by atoms with E-state index in [9.17, 15) is 0 Å². The molecular weight excluding hydrogens is 363 g/mol. The van der Waals surface area contributed by atoms with Crippen LogP contribution in [0.2, 0.25) is 0 Å². The molecule has 2 N–H and O–H groups in total. The molecule has 0 aromatic carbocycles. The maximum atomic E-state index is 4.24. The van der Waals surface area contributed by atoms with Gasteiger partial charge in [-0.1, -0.05) is 19.8 Å². The van der Waals surface area contributed by atoms with Gasteiger partial charge in [0.25, 0.3) is 0 Å². The third-order valence-corrected chi connectivity index (χ3v) is 3.90. The van der Waals surface area contributed by atoms with Crippen molar-refractivity contribution in [2.75, 3.05) is 33.2 Å². The summed E-state index contributed by atoms with van der Waals surface area (Å²) in [7, 11) is 1.84. The molecule has 0 aromatic rings. The number of nitrogens with zero attached hydrogens (tertiary/aromatic N) is 2. The van der Waals surface area contributed by atoms with E-state index < -0.39 is 0 Å². The van der Waals surface area contributed by atoms with Crippen LogP contribution in [0.25, 0.3) is 0 Å². The summed E-state index contributed by atoms with van der Waals surface area (Å²) in [5, 5.41) is 6.74. The van der Waals surface area contributed by atoms with E-state index in [4.69, 9.17) is 0 Å². The minimum atomic E-state index is 0. The van der Waals surface area contributed by atoms with Gasteiger partial charge in [0.1, 0.15) is 0 Å². The number of nitrogens with one attached hydrogen (secondary N) is 2. The van der Waals surface area contributed by atoms with E-state index in [2.05, 4.69) is 34.4 Å². The maximum absolute atomic E-state index is 4.24. The van der Waals surface area contributed by atoms with Crippen molar-refractivity contribution < 1.29 is 0 Å². The SMILES string of the molecule is CCCCNC(=NC)NCCCN1CCCCC1C.I. The normalized spacial score (nSPS) is 20.4. The summed E-state index contributed by atoms with van der Waals surface area (Å²) in [5.74, 6) is 0.945. The van der Waals surface area contributed by atoms with Crippen molar-refractivity contribution in [1.82, 2.24) is 15.5 Å². The Bertz CT molecular complexity index is 258. The minimum absolute atomic E-state index is 0. The number of guanidine groups is 1. The fraction of sp³-hybridized carbons (Fsp3) is 0.933. The molecule has 0 aromatic heterocycles. The average Bonchev–Trinajstić information content (AvgIpc) is 2.43. The van der Waals surface area contributed by atoms with E-state index in [0.29, 0.717) is 0 Å². The molecule has 1 unspecified atom stereocenters. The highest BCUT2D eigenvalue weighted by molar-refractivity contribution is 14.0. The third-order valence-electron chi connectivity index (χ3n) is 3.90. The number of aliphatic imine (C=N–C) groups is 1. The Labute approximate surface area is 142 Å². The molecule has 1 saturated heterocycles. The van der Waals surface area contributed by atoms with Gasteiger partial charge in [0, 0.05) is 32.7 Å². The molecule has 4 nitrogen and oxygen atoms in total. The second-order valence-corrected chi connectivity index (χ2v) is 5.51. The zero-order valence-electron chi connectivity index (χ0n) is 13.5. The highest BCUT2D eigenvalue weighted by Gasteiger charge is 2.16. The van der Waals surface area contributed by atoms with Gasteiger partial charge < -0.3 is 15.5 Å². The summed E-state index contributed by atoms with van der Waals surface area (Å²) in [4.78, 5) is 6.86. The van der Waals surface area contributed by atoms with Crippen molar-refractivity contribution >= 4 is 29.9 Å². The molecule has 0 bridgehead atoms. The second kappa shape index (κ2) is 12.7. The lowest BCUT2D eigenvalue weighted by atomic mass is 10.0. The van der Waals surface area contributed by atoms with Crippen molar-refractivity contribution in [3.05, 3.63) is 0 Å². The predicted octanol–water partition coefficient (Wildman–Crippen LogP) is 2.83. The highest BCUT2D eigenvalue weighted by atomic mass is 127.